The summed E-state index contributed by atoms with van der Waals surface area (Å²) in [6.45, 7) is 0.741. The van der Waals surface area contributed by atoms with Crippen molar-refractivity contribution in [3.63, 3.8) is 0 Å². The maximum Gasteiger partial charge on any atom is 0.248 e. The summed E-state index contributed by atoms with van der Waals surface area (Å²) < 4.78 is 0.812. The van der Waals surface area contributed by atoms with Crippen molar-refractivity contribution in [2.45, 2.75) is 12.5 Å². The third-order valence-electron chi connectivity index (χ3n) is 3.25. The highest BCUT2D eigenvalue weighted by molar-refractivity contribution is 9.10. The molecule has 0 fully saturated rings. The molecule has 0 radical (unpaired) electrons. The Morgan fingerprint density at radius 1 is 1.19 bits per heavy atom. The summed E-state index contributed by atoms with van der Waals surface area (Å²) in [4.78, 5) is 11.1. The van der Waals surface area contributed by atoms with Crippen LogP contribution in [0.25, 0.3) is 0 Å². The van der Waals surface area contributed by atoms with Crippen molar-refractivity contribution >= 4 is 27.5 Å². The zero-order valence-corrected chi connectivity index (χ0v) is 13.1. The lowest BCUT2D eigenvalue weighted by Gasteiger charge is -2.14. The quantitative estimate of drug-likeness (QED) is 0.751. The molecule has 1 amide bonds. The molecule has 0 spiro atoms. The molecule has 110 valence electrons. The van der Waals surface area contributed by atoms with Crippen LogP contribution >= 0.6 is 15.9 Å². The molecule has 1 atom stereocenters. The van der Waals surface area contributed by atoms with Gasteiger partial charge in [0.25, 0.3) is 0 Å². The van der Waals surface area contributed by atoms with E-state index in [4.69, 9.17) is 11.5 Å². The molecule has 0 aliphatic rings. The second-order valence-electron chi connectivity index (χ2n) is 4.79. The standard InChI is InChI=1S/C16H18BrN3O/c17-13-10-12(16(19)21)6-7-15(13)20-9-8-14(18)11-4-2-1-3-5-11/h1-7,10,14,20H,8-9,18H2,(H2,19,21). The highest BCUT2D eigenvalue weighted by Gasteiger charge is 2.07. The van der Waals surface area contributed by atoms with Crippen LogP contribution in [0, 0.1) is 0 Å². The number of nitrogens with two attached hydrogens (primary N) is 2. The van der Waals surface area contributed by atoms with Crippen molar-refractivity contribution in [1.29, 1.82) is 0 Å². The van der Waals surface area contributed by atoms with Crippen LogP contribution in [0.15, 0.2) is 53.0 Å². The third kappa shape index (κ3) is 4.31. The number of carbonyl (C=O) groups is 1. The molecule has 0 bridgehead atoms. The lowest BCUT2D eigenvalue weighted by Crippen LogP contribution is -2.15. The fourth-order valence-electron chi connectivity index (χ4n) is 2.04. The van der Waals surface area contributed by atoms with Crippen LogP contribution in [0.3, 0.4) is 0 Å². The number of hydrogen-bond acceptors (Lipinski definition) is 3. The van der Waals surface area contributed by atoms with Crippen LogP contribution in [0.2, 0.25) is 0 Å². The van der Waals surface area contributed by atoms with Crippen molar-refractivity contribution in [1.82, 2.24) is 0 Å². The van der Waals surface area contributed by atoms with Gasteiger partial charge in [-0.25, -0.2) is 0 Å². The van der Waals surface area contributed by atoms with Gasteiger partial charge in [-0.15, -0.1) is 0 Å². The Labute approximate surface area is 132 Å². The van der Waals surface area contributed by atoms with Crippen LogP contribution in [-0.4, -0.2) is 12.5 Å². The van der Waals surface area contributed by atoms with Crippen molar-refractivity contribution in [3.05, 3.63) is 64.1 Å². The predicted molar refractivity (Wildman–Crippen MR) is 89.1 cm³/mol. The maximum absolute atomic E-state index is 11.1. The minimum absolute atomic E-state index is 0.00219. The van der Waals surface area contributed by atoms with Gasteiger partial charge in [-0.1, -0.05) is 30.3 Å². The van der Waals surface area contributed by atoms with Gasteiger partial charge in [0.1, 0.15) is 0 Å². The van der Waals surface area contributed by atoms with E-state index >= 15 is 0 Å². The summed E-state index contributed by atoms with van der Waals surface area (Å²) in [6.07, 6.45) is 0.814. The summed E-state index contributed by atoms with van der Waals surface area (Å²) in [7, 11) is 0. The van der Waals surface area contributed by atoms with E-state index in [1.807, 2.05) is 36.4 Å². The second-order valence-corrected chi connectivity index (χ2v) is 5.65. The smallest absolute Gasteiger partial charge is 0.248 e. The van der Waals surface area contributed by atoms with Gasteiger partial charge in [-0.2, -0.15) is 0 Å². The molecular weight excluding hydrogens is 330 g/mol. The summed E-state index contributed by atoms with van der Waals surface area (Å²) in [5.74, 6) is -0.437. The minimum Gasteiger partial charge on any atom is -0.384 e. The molecule has 0 saturated carbocycles. The number of rotatable bonds is 6. The van der Waals surface area contributed by atoms with Gasteiger partial charge in [0.15, 0.2) is 0 Å². The molecule has 2 rings (SSSR count). The molecule has 4 nitrogen and oxygen atoms in total. The Morgan fingerprint density at radius 3 is 2.52 bits per heavy atom. The first-order chi connectivity index (χ1) is 10.1. The zero-order chi connectivity index (χ0) is 15.2. The molecule has 1 unspecified atom stereocenters. The van der Waals surface area contributed by atoms with Crippen molar-refractivity contribution in [2.24, 2.45) is 11.5 Å². The fraction of sp³-hybridized carbons (Fsp3) is 0.188. The van der Waals surface area contributed by atoms with Crippen molar-refractivity contribution < 1.29 is 4.79 Å². The number of halogens is 1. The Bertz CT molecular complexity index is 616. The Hall–Kier alpha value is -1.85. The van der Waals surface area contributed by atoms with E-state index in [-0.39, 0.29) is 6.04 Å². The first kappa shape index (κ1) is 15.5. The lowest BCUT2D eigenvalue weighted by atomic mass is 10.1. The topological polar surface area (TPSA) is 81.1 Å². The van der Waals surface area contributed by atoms with E-state index in [0.29, 0.717) is 5.56 Å². The first-order valence-corrected chi connectivity index (χ1v) is 7.51. The number of primary amides is 1. The van der Waals surface area contributed by atoms with Crippen LogP contribution < -0.4 is 16.8 Å². The molecule has 5 heteroatoms. The number of hydrogen-bond donors (Lipinski definition) is 3. The SMILES string of the molecule is NC(=O)c1ccc(NCCC(N)c2ccccc2)c(Br)c1. The zero-order valence-electron chi connectivity index (χ0n) is 11.6. The molecule has 0 aliphatic heterocycles. The van der Waals surface area contributed by atoms with Crippen LogP contribution in [-0.2, 0) is 0 Å². The Morgan fingerprint density at radius 2 is 1.90 bits per heavy atom. The van der Waals surface area contributed by atoms with E-state index in [0.717, 1.165) is 28.7 Å². The van der Waals surface area contributed by atoms with E-state index < -0.39 is 5.91 Å². The predicted octanol–water partition coefficient (Wildman–Crippen LogP) is 3.05. The van der Waals surface area contributed by atoms with Crippen molar-refractivity contribution in [3.8, 4) is 0 Å². The molecule has 0 heterocycles. The molecular formula is C16H18BrN3O. The van der Waals surface area contributed by atoms with Gasteiger partial charge in [-0.05, 0) is 46.1 Å². The van der Waals surface area contributed by atoms with Crippen LogP contribution in [0.4, 0.5) is 5.69 Å². The Balaban J connectivity index is 1.90. The minimum atomic E-state index is -0.437. The van der Waals surface area contributed by atoms with Crippen LogP contribution in [0.5, 0.6) is 0 Å². The van der Waals surface area contributed by atoms with Gasteiger partial charge in [0, 0.05) is 28.3 Å². The average molecular weight is 348 g/mol. The number of carbonyl (C=O) groups excluding carboxylic acids is 1. The highest BCUT2D eigenvalue weighted by atomic mass is 79.9. The Kier molecular flexibility index (Phi) is 5.36. The van der Waals surface area contributed by atoms with E-state index in [2.05, 4.69) is 21.2 Å². The van der Waals surface area contributed by atoms with E-state index in [1.165, 1.54) is 0 Å². The average Bonchev–Trinajstić information content (AvgIpc) is 2.49. The van der Waals surface area contributed by atoms with Gasteiger partial charge in [-0.3, -0.25) is 4.79 Å². The number of nitrogens with one attached hydrogen (secondary N) is 1. The third-order valence-corrected chi connectivity index (χ3v) is 3.91. The second kappa shape index (κ2) is 7.24. The first-order valence-electron chi connectivity index (χ1n) is 6.71. The molecule has 21 heavy (non-hydrogen) atoms. The van der Waals surface area contributed by atoms with E-state index in [1.54, 1.807) is 12.1 Å². The molecule has 2 aromatic rings. The molecule has 2 aromatic carbocycles. The summed E-state index contributed by atoms with van der Waals surface area (Å²) in [5, 5.41) is 3.30. The van der Waals surface area contributed by atoms with E-state index in [9.17, 15) is 4.79 Å². The summed E-state index contributed by atoms with van der Waals surface area (Å²) in [5.41, 5.74) is 13.9. The van der Waals surface area contributed by atoms with Crippen molar-refractivity contribution in [2.75, 3.05) is 11.9 Å². The van der Waals surface area contributed by atoms with Gasteiger partial charge in [0.05, 0.1) is 0 Å². The van der Waals surface area contributed by atoms with Crippen LogP contribution in [0.1, 0.15) is 28.4 Å². The normalized spacial score (nSPS) is 11.9. The number of amides is 1. The largest absolute Gasteiger partial charge is 0.384 e. The molecule has 0 aliphatic carbocycles. The molecule has 0 aromatic heterocycles. The molecule has 0 saturated heterocycles. The highest BCUT2D eigenvalue weighted by Crippen LogP contribution is 2.24. The lowest BCUT2D eigenvalue weighted by molar-refractivity contribution is 0.100. The monoisotopic (exact) mass is 347 g/mol. The maximum atomic E-state index is 11.1. The summed E-state index contributed by atoms with van der Waals surface area (Å²) >= 11 is 3.43. The van der Waals surface area contributed by atoms with Gasteiger partial charge >= 0.3 is 0 Å². The van der Waals surface area contributed by atoms with Gasteiger partial charge in [0.2, 0.25) is 5.91 Å². The fourth-order valence-corrected chi connectivity index (χ4v) is 2.56. The molecule has 5 N–H and O–H groups in total. The van der Waals surface area contributed by atoms with Gasteiger partial charge < -0.3 is 16.8 Å². The number of anilines is 1. The number of benzene rings is 2. The summed E-state index contributed by atoms with van der Waals surface area (Å²) in [6, 6.07) is 15.3.